The molecule has 0 spiro atoms. The lowest BCUT2D eigenvalue weighted by Crippen LogP contribution is -2.56. The number of carbonyl (C=O) groups excluding carboxylic acids is 2. The van der Waals surface area contributed by atoms with E-state index in [-0.39, 0.29) is 31.4 Å². The quantitative estimate of drug-likeness (QED) is 0.641. The third kappa shape index (κ3) is 5.46. The molecule has 0 aromatic rings. The standard InChI is InChI=1S/C14H27N3O3/c1-4-5-16-9-14(20)17(10-13(16)19)8-12(18)7-15-6-11(2)3/h11-12,15,18H,4-10H2,1-3H3. The maximum Gasteiger partial charge on any atom is 0.242 e. The van der Waals surface area contributed by atoms with Crippen molar-refractivity contribution >= 4 is 11.8 Å². The Balaban J connectivity index is 2.37. The van der Waals surface area contributed by atoms with Gasteiger partial charge in [-0.3, -0.25) is 9.59 Å². The molecule has 1 aliphatic rings. The molecule has 1 rings (SSSR count). The average molecular weight is 285 g/mol. The van der Waals surface area contributed by atoms with Gasteiger partial charge in [0.2, 0.25) is 11.8 Å². The molecule has 1 saturated heterocycles. The zero-order valence-electron chi connectivity index (χ0n) is 12.8. The van der Waals surface area contributed by atoms with Crippen LogP contribution >= 0.6 is 0 Å². The molecule has 0 aromatic carbocycles. The summed E-state index contributed by atoms with van der Waals surface area (Å²) in [6.07, 6.45) is 0.212. The molecule has 0 aromatic heterocycles. The Hall–Kier alpha value is -1.14. The minimum atomic E-state index is -0.636. The maximum atomic E-state index is 11.9. The number of rotatable bonds is 8. The molecule has 1 unspecified atom stereocenters. The van der Waals surface area contributed by atoms with E-state index >= 15 is 0 Å². The summed E-state index contributed by atoms with van der Waals surface area (Å²) in [5, 5.41) is 13.1. The van der Waals surface area contributed by atoms with E-state index in [4.69, 9.17) is 0 Å². The van der Waals surface area contributed by atoms with Gasteiger partial charge in [0, 0.05) is 19.6 Å². The Morgan fingerprint density at radius 1 is 1.15 bits per heavy atom. The number of amides is 2. The van der Waals surface area contributed by atoms with E-state index in [1.807, 2.05) is 6.92 Å². The molecule has 116 valence electrons. The van der Waals surface area contributed by atoms with E-state index in [9.17, 15) is 14.7 Å². The SMILES string of the molecule is CCCN1CC(=O)N(CC(O)CNCC(C)C)CC1=O. The molecule has 6 nitrogen and oxygen atoms in total. The van der Waals surface area contributed by atoms with Gasteiger partial charge in [-0.2, -0.15) is 0 Å². The summed E-state index contributed by atoms with van der Waals surface area (Å²) < 4.78 is 0. The van der Waals surface area contributed by atoms with Crippen LogP contribution in [0.1, 0.15) is 27.2 Å². The Bertz CT molecular complexity index is 334. The van der Waals surface area contributed by atoms with E-state index in [1.54, 1.807) is 4.90 Å². The normalized spacial score (nSPS) is 18.1. The zero-order valence-corrected chi connectivity index (χ0v) is 12.8. The van der Waals surface area contributed by atoms with E-state index in [0.717, 1.165) is 13.0 Å². The second kappa shape index (κ2) is 8.21. The van der Waals surface area contributed by atoms with Crippen molar-refractivity contribution in [3.8, 4) is 0 Å². The van der Waals surface area contributed by atoms with Gasteiger partial charge in [-0.25, -0.2) is 0 Å². The molecular weight excluding hydrogens is 258 g/mol. The van der Waals surface area contributed by atoms with Gasteiger partial charge in [-0.05, 0) is 18.9 Å². The molecule has 0 saturated carbocycles. The molecule has 1 atom stereocenters. The molecule has 20 heavy (non-hydrogen) atoms. The van der Waals surface area contributed by atoms with Crippen LogP contribution in [0.5, 0.6) is 0 Å². The number of piperazine rings is 1. The van der Waals surface area contributed by atoms with Crippen molar-refractivity contribution < 1.29 is 14.7 Å². The van der Waals surface area contributed by atoms with Crippen LogP contribution in [0.2, 0.25) is 0 Å². The van der Waals surface area contributed by atoms with Crippen LogP contribution in [-0.4, -0.2) is 72.1 Å². The number of carbonyl (C=O) groups is 2. The molecular formula is C14H27N3O3. The summed E-state index contributed by atoms with van der Waals surface area (Å²) in [6, 6.07) is 0. The van der Waals surface area contributed by atoms with Gasteiger partial charge in [-0.1, -0.05) is 20.8 Å². The number of aliphatic hydroxyl groups is 1. The highest BCUT2D eigenvalue weighted by molar-refractivity contribution is 5.92. The van der Waals surface area contributed by atoms with Crippen LogP contribution < -0.4 is 5.32 Å². The maximum absolute atomic E-state index is 11.9. The number of β-amino-alcohol motifs (C(OH)–C–C–N with tert-alkyl or cyclic N) is 1. The van der Waals surface area contributed by atoms with Gasteiger partial charge in [0.25, 0.3) is 0 Å². The van der Waals surface area contributed by atoms with Gasteiger partial charge in [-0.15, -0.1) is 0 Å². The zero-order chi connectivity index (χ0) is 15.1. The first-order valence-electron chi connectivity index (χ1n) is 7.38. The third-order valence-corrected chi connectivity index (χ3v) is 3.21. The van der Waals surface area contributed by atoms with Crippen molar-refractivity contribution in [2.45, 2.75) is 33.3 Å². The van der Waals surface area contributed by atoms with Crippen molar-refractivity contribution in [1.29, 1.82) is 0 Å². The highest BCUT2D eigenvalue weighted by Crippen LogP contribution is 2.06. The van der Waals surface area contributed by atoms with Crippen LogP contribution in [0, 0.1) is 5.92 Å². The average Bonchev–Trinajstić information content (AvgIpc) is 2.35. The highest BCUT2D eigenvalue weighted by Gasteiger charge is 2.30. The fourth-order valence-corrected chi connectivity index (χ4v) is 2.20. The first-order valence-corrected chi connectivity index (χ1v) is 7.38. The summed E-state index contributed by atoms with van der Waals surface area (Å²) in [4.78, 5) is 26.8. The topological polar surface area (TPSA) is 72.9 Å². The number of nitrogens with one attached hydrogen (secondary N) is 1. The summed E-state index contributed by atoms with van der Waals surface area (Å²) >= 11 is 0. The van der Waals surface area contributed by atoms with E-state index < -0.39 is 6.10 Å². The Labute approximate surface area is 121 Å². The van der Waals surface area contributed by atoms with Crippen molar-refractivity contribution in [2.75, 3.05) is 39.3 Å². The number of hydrogen-bond donors (Lipinski definition) is 2. The second-order valence-corrected chi connectivity index (χ2v) is 5.80. The van der Waals surface area contributed by atoms with Gasteiger partial charge >= 0.3 is 0 Å². The van der Waals surface area contributed by atoms with Crippen molar-refractivity contribution in [2.24, 2.45) is 5.92 Å². The van der Waals surface area contributed by atoms with E-state index in [2.05, 4.69) is 19.2 Å². The lowest BCUT2D eigenvalue weighted by molar-refractivity contribution is -0.151. The van der Waals surface area contributed by atoms with Gasteiger partial charge in [0.05, 0.1) is 19.2 Å². The predicted octanol–water partition coefficient (Wildman–Crippen LogP) is -0.326. The van der Waals surface area contributed by atoms with Crippen LogP contribution in [0.3, 0.4) is 0 Å². The van der Waals surface area contributed by atoms with Crippen molar-refractivity contribution in [1.82, 2.24) is 15.1 Å². The molecule has 1 heterocycles. The molecule has 1 aliphatic heterocycles. The molecule has 2 amide bonds. The summed E-state index contributed by atoms with van der Waals surface area (Å²) in [7, 11) is 0. The summed E-state index contributed by atoms with van der Waals surface area (Å²) in [5.41, 5.74) is 0. The van der Waals surface area contributed by atoms with Crippen molar-refractivity contribution in [3.63, 3.8) is 0 Å². The molecule has 0 radical (unpaired) electrons. The number of aliphatic hydroxyl groups excluding tert-OH is 1. The lowest BCUT2D eigenvalue weighted by atomic mass is 10.2. The molecule has 2 N–H and O–H groups in total. The van der Waals surface area contributed by atoms with Crippen LogP contribution in [-0.2, 0) is 9.59 Å². The summed E-state index contributed by atoms with van der Waals surface area (Å²) in [6.45, 7) is 8.49. The number of hydrogen-bond acceptors (Lipinski definition) is 4. The van der Waals surface area contributed by atoms with Gasteiger partial charge in [0.1, 0.15) is 0 Å². The largest absolute Gasteiger partial charge is 0.390 e. The first-order chi connectivity index (χ1) is 9.43. The third-order valence-electron chi connectivity index (χ3n) is 3.21. The Kier molecular flexibility index (Phi) is 6.95. The van der Waals surface area contributed by atoms with E-state index in [0.29, 0.717) is 19.0 Å². The highest BCUT2D eigenvalue weighted by atomic mass is 16.3. The summed E-state index contributed by atoms with van der Waals surface area (Å²) in [5.74, 6) is 0.401. The molecule has 1 fully saturated rings. The predicted molar refractivity (Wildman–Crippen MR) is 77.2 cm³/mol. The first kappa shape index (κ1) is 16.9. The second-order valence-electron chi connectivity index (χ2n) is 5.80. The van der Waals surface area contributed by atoms with Gasteiger partial charge in [0.15, 0.2) is 0 Å². The molecule has 0 aliphatic carbocycles. The van der Waals surface area contributed by atoms with Gasteiger partial charge < -0.3 is 20.2 Å². The van der Waals surface area contributed by atoms with Crippen LogP contribution in [0.15, 0.2) is 0 Å². The monoisotopic (exact) mass is 285 g/mol. The Morgan fingerprint density at radius 2 is 1.75 bits per heavy atom. The molecule has 0 bridgehead atoms. The van der Waals surface area contributed by atoms with E-state index in [1.165, 1.54) is 4.90 Å². The van der Waals surface area contributed by atoms with Crippen molar-refractivity contribution in [3.05, 3.63) is 0 Å². The Morgan fingerprint density at radius 3 is 2.35 bits per heavy atom. The lowest BCUT2D eigenvalue weighted by Gasteiger charge is -2.34. The minimum Gasteiger partial charge on any atom is -0.390 e. The number of nitrogens with zero attached hydrogens (tertiary/aromatic N) is 2. The van der Waals surface area contributed by atoms with Crippen LogP contribution in [0.25, 0.3) is 0 Å². The minimum absolute atomic E-state index is 0.0335. The molecule has 6 heteroatoms. The van der Waals surface area contributed by atoms with Crippen LogP contribution in [0.4, 0.5) is 0 Å². The fraction of sp³-hybridized carbons (Fsp3) is 0.857. The fourth-order valence-electron chi connectivity index (χ4n) is 2.20. The smallest absolute Gasteiger partial charge is 0.242 e.